The molecule has 0 aliphatic carbocycles. The smallest absolute Gasteiger partial charge is 0.111 e. The minimum atomic E-state index is 0.886. The molecule has 0 amide bonds. The second-order valence-corrected chi connectivity index (χ2v) is 3.69. The predicted molar refractivity (Wildman–Crippen MR) is 59.2 cm³/mol. The lowest BCUT2D eigenvalue weighted by Crippen LogP contribution is -1.83. The van der Waals surface area contributed by atoms with E-state index in [4.69, 9.17) is 0 Å². The summed E-state index contributed by atoms with van der Waals surface area (Å²) >= 11 is 0. The molecule has 1 aromatic heterocycles. The van der Waals surface area contributed by atoms with Crippen LogP contribution in [0, 0.1) is 0 Å². The SMILES string of the molecule is CC(C)=CCc1nc2ccccc2[nH]1. The van der Waals surface area contributed by atoms with E-state index in [0.717, 1.165) is 23.3 Å². The summed E-state index contributed by atoms with van der Waals surface area (Å²) in [5.41, 5.74) is 3.49. The molecule has 1 aromatic carbocycles. The Labute approximate surface area is 83.7 Å². The van der Waals surface area contributed by atoms with Crippen molar-refractivity contribution in [1.29, 1.82) is 0 Å². The Morgan fingerprint density at radius 3 is 2.86 bits per heavy atom. The molecule has 0 fully saturated rings. The fourth-order valence-electron chi connectivity index (χ4n) is 1.40. The van der Waals surface area contributed by atoms with Crippen LogP contribution in [0.4, 0.5) is 0 Å². The maximum Gasteiger partial charge on any atom is 0.111 e. The molecule has 0 unspecified atom stereocenters. The highest BCUT2D eigenvalue weighted by Gasteiger charge is 1.98. The third kappa shape index (κ3) is 1.84. The number of rotatable bonds is 2. The Kier molecular flexibility index (Phi) is 2.35. The van der Waals surface area contributed by atoms with E-state index in [-0.39, 0.29) is 0 Å². The fraction of sp³-hybridized carbons (Fsp3) is 0.250. The van der Waals surface area contributed by atoms with Gasteiger partial charge in [0.05, 0.1) is 11.0 Å². The Morgan fingerprint density at radius 1 is 1.36 bits per heavy atom. The van der Waals surface area contributed by atoms with Crippen molar-refractivity contribution in [1.82, 2.24) is 9.97 Å². The summed E-state index contributed by atoms with van der Waals surface area (Å²) in [6, 6.07) is 8.10. The lowest BCUT2D eigenvalue weighted by molar-refractivity contribution is 1.06. The van der Waals surface area contributed by atoms with Crippen molar-refractivity contribution < 1.29 is 0 Å². The Morgan fingerprint density at radius 2 is 2.14 bits per heavy atom. The number of fused-ring (bicyclic) bond motifs is 1. The van der Waals surface area contributed by atoms with E-state index < -0.39 is 0 Å². The van der Waals surface area contributed by atoms with Crippen molar-refractivity contribution in [3.8, 4) is 0 Å². The summed E-state index contributed by atoms with van der Waals surface area (Å²) in [5, 5.41) is 0. The van der Waals surface area contributed by atoms with Gasteiger partial charge in [-0.15, -0.1) is 0 Å². The highest BCUT2D eigenvalue weighted by Crippen LogP contribution is 2.10. The van der Waals surface area contributed by atoms with Crippen molar-refractivity contribution in [2.45, 2.75) is 20.3 Å². The van der Waals surface area contributed by atoms with Crippen LogP contribution in [-0.4, -0.2) is 9.97 Å². The zero-order chi connectivity index (χ0) is 9.97. The van der Waals surface area contributed by atoms with Gasteiger partial charge >= 0.3 is 0 Å². The van der Waals surface area contributed by atoms with Crippen LogP contribution < -0.4 is 0 Å². The first-order chi connectivity index (χ1) is 6.75. The van der Waals surface area contributed by atoms with E-state index >= 15 is 0 Å². The van der Waals surface area contributed by atoms with Gasteiger partial charge in [0.2, 0.25) is 0 Å². The first-order valence-electron chi connectivity index (χ1n) is 4.83. The molecule has 2 aromatic rings. The van der Waals surface area contributed by atoms with Gasteiger partial charge in [-0.25, -0.2) is 4.98 Å². The first kappa shape index (κ1) is 9.00. The van der Waals surface area contributed by atoms with Crippen molar-refractivity contribution in [3.63, 3.8) is 0 Å². The van der Waals surface area contributed by atoms with Gasteiger partial charge in [-0.1, -0.05) is 23.8 Å². The van der Waals surface area contributed by atoms with E-state index in [1.54, 1.807) is 0 Å². The van der Waals surface area contributed by atoms with Gasteiger partial charge in [0.15, 0.2) is 0 Å². The summed E-state index contributed by atoms with van der Waals surface area (Å²) < 4.78 is 0. The van der Waals surface area contributed by atoms with Gasteiger partial charge in [0.25, 0.3) is 0 Å². The van der Waals surface area contributed by atoms with Crippen molar-refractivity contribution in [2.75, 3.05) is 0 Å². The molecule has 2 nitrogen and oxygen atoms in total. The molecule has 1 N–H and O–H groups in total. The fourth-order valence-corrected chi connectivity index (χ4v) is 1.40. The number of aromatic nitrogens is 2. The summed E-state index contributed by atoms with van der Waals surface area (Å²) in [7, 11) is 0. The van der Waals surface area contributed by atoms with Crippen molar-refractivity contribution in [2.24, 2.45) is 0 Å². The van der Waals surface area contributed by atoms with E-state index in [2.05, 4.69) is 29.9 Å². The van der Waals surface area contributed by atoms with E-state index in [1.807, 2.05) is 24.3 Å². The standard InChI is InChI=1S/C12H14N2/c1-9(2)7-8-12-13-10-5-3-4-6-11(10)14-12/h3-7H,8H2,1-2H3,(H,13,14). The minimum absolute atomic E-state index is 0.886. The van der Waals surface area contributed by atoms with Gasteiger partial charge in [-0.3, -0.25) is 0 Å². The number of hydrogen-bond acceptors (Lipinski definition) is 1. The summed E-state index contributed by atoms with van der Waals surface area (Å²) in [5.74, 6) is 1.03. The normalized spacial score (nSPS) is 10.4. The maximum atomic E-state index is 4.48. The first-order valence-corrected chi connectivity index (χ1v) is 4.83. The molecule has 0 aliphatic rings. The third-order valence-electron chi connectivity index (χ3n) is 2.14. The van der Waals surface area contributed by atoms with Gasteiger partial charge in [0, 0.05) is 6.42 Å². The molecule has 0 saturated carbocycles. The van der Waals surface area contributed by atoms with Crippen LogP contribution in [0.2, 0.25) is 0 Å². The zero-order valence-corrected chi connectivity index (χ0v) is 8.54. The molecule has 0 bridgehead atoms. The maximum absolute atomic E-state index is 4.48. The van der Waals surface area contributed by atoms with Crippen molar-refractivity contribution >= 4 is 11.0 Å². The molecule has 0 aliphatic heterocycles. The average Bonchev–Trinajstić information content (AvgIpc) is 2.57. The number of allylic oxidation sites excluding steroid dienone is 2. The van der Waals surface area contributed by atoms with Crippen LogP contribution in [-0.2, 0) is 6.42 Å². The number of nitrogens with zero attached hydrogens (tertiary/aromatic N) is 1. The average molecular weight is 186 g/mol. The van der Waals surface area contributed by atoms with Crippen LogP contribution in [0.1, 0.15) is 19.7 Å². The molecular formula is C12H14N2. The highest BCUT2D eigenvalue weighted by molar-refractivity contribution is 5.74. The molecular weight excluding hydrogens is 172 g/mol. The second-order valence-electron chi connectivity index (χ2n) is 3.69. The van der Waals surface area contributed by atoms with Gasteiger partial charge in [-0.2, -0.15) is 0 Å². The lowest BCUT2D eigenvalue weighted by atomic mass is 10.2. The third-order valence-corrected chi connectivity index (χ3v) is 2.14. The van der Waals surface area contributed by atoms with Gasteiger partial charge in [0.1, 0.15) is 5.82 Å². The second kappa shape index (κ2) is 3.66. The summed E-state index contributed by atoms with van der Waals surface area (Å²) in [6.07, 6.45) is 3.06. The van der Waals surface area contributed by atoms with Crippen LogP contribution in [0.3, 0.4) is 0 Å². The summed E-state index contributed by atoms with van der Waals surface area (Å²) in [6.45, 7) is 4.20. The van der Waals surface area contributed by atoms with Crippen LogP contribution >= 0.6 is 0 Å². The number of nitrogens with one attached hydrogen (secondary N) is 1. The highest BCUT2D eigenvalue weighted by atomic mass is 14.9. The quantitative estimate of drug-likeness (QED) is 0.717. The molecule has 2 heteroatoms. The minimum Gasteiger partial charge on any atom is -0.342 e. The molecule has 2 rings (SSSR count). The number of benzene rings is 1. The monoisotopic (exact) mass is 186 g/mol. The number of imidazole rings is 1. The molecule has 0 atom stereocenters. The molecule has 0 spiro atoms. The van der Waals surface area contributed by atoms with Crippen LogP contribution in [0.5, 0.6) is 0 Å². The van der Waals surface area contributed by atoms with Gasteiger partial charge in [-0.05, 0) is 26.0 Å². The Bertz CT molecular complexity index is 429. The topological polar surface area (TPSA) is 28.7 Å². The van der Waals surface area contributed by atoms with Crippen LogP contribution in [0.15, 0.2) is 35.9 Å². The predicted octanol–water partition coefficient (Wildman–Crippen LogP) is 3.07. The summed E-state index contributed by atoms with van der Waals surface area (Å²) in [4.78, 5) is 7.78. The molecule has 0 radical (unpaired) electrons. The number of aromatic amines is 1. The number of para-hydroxylation sites is 2. The molecule has 1 heterocycles. The van der Waals surface area contributed by atoms with Gasteiger partial charge < -0.3 is 4.98 Å². The Balaban J connectivity index is 2.31. The van der Waals surface area contributed by atoms with Crippen LogP contribution in [0.25, 0.3) is 11.0 Å². The Hall–Kier alpha value is -1.57. The zero-order valence-electron chi connectivity index (χ0n) is 8.54. The van der Waals surface area contributed by atoms with Crippen molar-refractivity contribution in [3.05, 3.63) is 41.7 Å². The largest absolute Gasteiger partial charge is 0.342 e. The number of hydrogen-bond donors (Lipinski definition) is 1. The molecule has 72 valence electrons. The lowest BCUT2D eigenvalue weighted by Gasteiger charge is -1.89. The number of H-pyrrole nitrogens is 1. The van der Waals surface area contributed by atoms with E-state index in [1.165, 1.54) is 5.57 Å². The molecule has 14 heavy (non-hydrogen) atoms. The van der Waals surface area contributed by atoms with E-state index in [9.17, 15) is 0 Å². The van der Waals surface area contributed by atoms with E-state index in [0.29, 0.717) is 0 Å². The molecule has 0 saturated heterocycles.